The van der Waals surface area contributed by atoms with Crippen LogP contribution in [0.2, 0.25) is 0 Å². The second-order valence-electron chi connectivity index (χ2n) is 6.63. The van der Waals surface area contributed by atoms with Gasteiger partial charge in [-0.25, -0.2) is 4.68 Å². The highest BCUT2D eigenvalue weighted by Gasteiger charge is 2.14. The van der Waals surface area contributed by atoms with Crippen molar-refractivity contribution < 1.29 is 0 Å². The maximum atomic E-state index is 4.44. The Hall–Kier alpha value is -2.82. The molecule has 0 unspecified atom stereocenters. The molecule has 0 radical (unpaired) electrons. The normalized spacial score (nSPS) is 11.6. The van der Waals surface area contributed by atoms with Gasteiger partial charge in [0.05, 0.1) is 18.1 Å². The molecule has 1 N–H and O–H groups in total. The Labute approximate surface area is 149 Å². The van der Waals surface area contributed by atoms with Gasteiger partial charge in [-0.3, -0.25) is 5.43 Å². The van der Waals surface area contributed by atoms with E-state index in [1.54, 1.807) is 0 Å². The van der Waals surface area contributed by atoms with Crippen LogP contribution in [0.4, 0.5) is 5.69 Å². The maximum absolute atomic E-state index is 4.44. The van der Waals surface area contributed by atoms with Crippen LogP contribution in [0.3, 0.4) is 0 Å². The van der Waals surface area contributed by atoms with Crippen LogP contribution in [0.1, 0.15) is 42.4 Å². The van der Waals surface area contributed by atoms with E-state index in [0.717, 1.165) is 28.5 Å². The fraction of sp³-hybridized carbons (Fsp3) is 0.300. The van der Waals surface area contributed by atoms with Crippen molar-refractivity contribution >= 4 is 11.9 Å². The third-order valence-corrected chi connectivity index (χ3v) is 4.25. The quantitative estimate of drug-likeness (QED) is 0.546. The fourth-order valence-electron chi connectivity index (χ4n) is 3.04. The van der Waals surface area contributed by atoms with Crippen LogP contribution in [0, 0.1) is 20.8 Å². The second-order valence-corrected chi connectivity index (χ2v) is 6.63. The molecule has 0 amide bonds. The first kappa shape index (κ1) is 17.0. The van der Waals surface area contributed by atoms with Gasteiger partial charge >= 0.3 is 0 Å². The fourth-order valence-corrected chi connectivity index (χ4v) is 3.04. The first-order valence-corrected chi connectivity index (χ1v) is 8.56. The monoisotopic (exact) mass is 335 g/mol. The van der Waals surface area contributed by atoms with Crippen molar-refractivity contribution in [3.63, 3.8) is 0 Å². The van der Waals surface area contributed by atoms with Crippen molar-refractivity contribution in [1.29, 1.82) is 0 Å². The van der Waals surface area contributed by atoms with Crippen LogP contribution in [0.25, 0.3) is 5.82 Å². The lowest BCUT2D eigenvalue weighted by Gasteiger charge is -2.15. The molecular weight excluding hydrogens is 310 g/mol. The summed E-state index contributed by atoms with van der Waals surface area (Å²) in [6.45, 7) is 10.6. The molecule has 1 aromatic carbocycles. The molecule has 3 aromatic rings. The minimum absolute atomic E-state index is 0.311. The average molecular weight is 335 g/mol. The molecule has 0 saturated heterocycles. The summed E-state index contributed by atoms with van der Waals surface area (Å²) in [7, 11) is 0. The van der Waals surface area contributed by atoms with Gasteiger partial charge in [-0.15, -0.1) is 0 Å². The summed E-state index contributed by atoms with van der Waals surface area (Å²) in [5, 5.41) is 8.84. The van der Waals surface area contributed by atoms with E-state index in [-0.39, 0.29) is 0 Å². The predicted molar refractivity (Wildman–Crippen MR) is 104 cm³/mol. The van der Waals surface area contributed by atoms with Crippen molar-refractivity contribution in [2.75, 3.05) is 5.43 Å². The van der Waals surface area contributed by atoms with Gasteiger partial charge in [0, 0.05) is 29.1 Å². The number of hydrogen-bond acceptors (Lipinski definition) is 3. The molecule has 0 bridgehead atoms. The summed E-state index contributed by atoms with van der Waals surface area (Å²) in [6.07, 6.45) is 3.72. The Morgan fingerprint density at radius 1 is 1.12 bits per heavy atom. The lowest BCUT2D eigenvalue weighted by Crippen LogP contribution is -2.11. The molecule has 130 valence electrons. The Balaban J connectivity index is 1.87. The van der Waals surface area contributed by atoms with E-state index in [9.17, 15) is 0 Å². The molecule has 0 atom stereocenters. The molecule has 0 aliphatic rings. The van der Waals surface area contributed by atoms with Gasteiger partial charge in [0.2, 0.25) is 0 Å². The number of aromatic nitrogens is 3. The van der Waals surface area contributed by atoms with Crippen LogP contribution < -0.4 is 5.43 Å². The van der Waals surface area contributed by atoms with Crippen molar-refractivity contribution in [1.82, 2.24) is 14.3 Å². The number of aryl methyl sites for hydroxylation is 2. The molecular formula is C20H25N5. The van der Waals surface area contributed by atoms with E-state index in [1.807, 2.05) is 35.3 Å². The zero-order valence-electron chi connectivity index (χ0n) is 15.5. The van der Waals surface area contributed by atoms with Gasteiger partial charge in [0.25, 0.3) is 0 Å². The number of nitrogens with one attached hydrogen (secondary N) is 1. The number of hydrogen-bond donors (Lipinski definition) is 1. The number of benzene rings is 1. The van der Waals surface area contributed by atoms with Crippen molar-refractivity contribution in [2.45, 2.75) is 40.7 Å². The maximum Gasteiger partial charge on any atom is 0.135 e. The first-order chi connectivity index (χ1) is 12.0. The molecule has 5 nitrogen and oxygen atoms in total. The van der Waals surface area contributed by atoms with E-state index in [4.69, 9.17) is 0 Å². The third kappa shape index (κ3) is 3.50. The highest BCUT2D eigenvalue weighted by Crippen LogP contribution is 2.21. The summed E-state index contributed by atoms with van der Waals surface area (Å²) >= 11 is 0. The number of rotatable bonds is 5. The van der Waals surface area contributed by atoms with Gasteiger partial charge in [0.1, 0.15) is 5.82 Å². The smallest absolute Gasteiger partial charge is 0.135 e. The minimum Gasteiger partial charge on any atom is -0.303 e. The van der Waals surface area contributed by atoms with Gasteiger partial charge in [-0.05, 0) is 58.4 Å². The van der Waals surface area contributed by atoms with E-state index >= 15 is 0 Å². The highest BCUT2D eigenvalue weighted by molar-refractivity contribution is 5.82. The summed E-state index contributed by atoms with van der Waals surface area (Å²) in [5.41, 5.74) is 8.70. The Morgan fingerprint density at radius 2 is 1.92 bits per heavy atom. The van der Waals surface area contributed by atoms with Crippen LogP contribution >= 0.6 is 0 Å². The van der Waals surface area contributed by atoms with E-state index < -0.39 is 0 Å². The Kier molecular flexibility index (Phi) is 4.74. The summed E-state index contributed by atoms with van der Waals surface area (Å²) < 4.78 is 4.26. The van der Waals surface area contributed by atoms with Crippen LogP contribution in [-0.2, 0) is 0 Å². The van der Waals surface area contributed by atoms with E-state index in [0.29, 0.717) is 6.04 Å². The Morgan fingerprint density at radius 3 is 2.64 bits per heavy atom. The number of nitrogens with zero attached hydrogens (tertiary/aromatic N) is 4. The SMILES string of the molecule is Cc1cccc(N/N=C\c2cc(C)n(-c3ccnn3C(C)C)c2C)c1. The molecule has 25 heavy (non-hydrogen) atoms. The summed E-state index contributed by atoms with van der Waals surface area (Å²) in [6, 6.07) is 12.7. The predicted octanol–water partition coefficient (Wildman–Crippen LogP) is 4.63. The van der Waals surface area contributed by atoms with Crippen molar-refractivity contribution in [3.8, 4) is 5.82 Å². The zero-order chi connectivity index (χ0) is 18.0. The van der Waals surface area contributed by atoms with Gasteiger partial charge < -0.3 is 4.57 Å². The van der Waals surface area contributed by atoms with Gasteiger partial charge in [0.15, 0.2) is 0 Å². The largest absolute Gasteiger partial charge is 0.303 e. The number of hydrazone groups is 1. The summed E-state index contributed by atoms with van der Waals surface area (Å²) in [5.74, 6) is 1.08. The molecule has 0 fully saturated rings. The molecule has 5 heteroatoms. The van der Waals surface area contributed by atoms with Crippen molar-refractivity contribution in [2.24, 2.45) is 5.10 Å². The van der Waals surface area contributed by atoms with Crippen molar-refractivity contribution in [3.05, 3.63) is 65.1 Å². The first-order valence-electron chi connectivity index (χ1n) is 8.56. The molecule has 0 saturated carbocycles. The van der Waals surface area contributed by atoms with Crippen LogP contribution in [0.15, 0.2) is 47.7 Å². The van der Waals surface area contributed by atoms with E-state index in [2.05, 4.69) is 73.0 Å². The molecule has 0 aliphatic carbocycles. The third-order valence-electron chi connectivity index (χ3n) is 4.25. The van der Waals surface area contributed by atoms with E-state index in [1.165, 1.54) is 5.56 Å². The topological polar surface area (TPSA) is 47.1 Å². The summed E-state index contributed by atoms with van der Waals surface area (Å²) in [4.78, 5) is 0. The van der Waals surface area contributed by atoms with Gasteiger partial charge in [-0.1, -0.05) is 12.1 Å². The molecule has 0 aliphatic heterocycles. The highest BCUT2D eigenvalue weighted by atomic mass is 15.3. The number of anilines is 1. The molecule has 2 heterocycles. The van der Waals surface area contributed by atoms with Gasteiger partial charge in [-0.2, -0.15) is 10.2 Å². The molecule has 3 rings (SSSR count). The zero-order valence-corrected chi connectivity index (χ0v) is 15.5. The second kappa shape index (κ2) is 6.97. The van der Waals surface area contributed by atoms with Crippen LogP contribution in [-0.4, -0.2) is 20.6 Å². The standard InChI is InChI=1S/C20H25N5/c1-14(2)25-20(9-10-22-25)24-16(4)12-18(17(24)5)13-21-23-19-8-6-7-15(3)11-19/h6-14,23H,1-5H3/b21-13-. The Bertz CT molecular complexity index is 899. The lowest BCUT2D eigenvalue weighted by molar-refractivity contribution is 0.519. The molecule has 2 aromatic heterocycles. The lowest BCUT2D eigenvalue weighted by atomic mass is 10.2. The molecule has 0 spiro atoms. The minimum atomic E-state index is 0.311. The average Bonchev–Trinajstić information content (AvgIpc) is 3.12. The van der Waals surface area contributed by atoms with Crippen LogP contribution in [0.5, 0.6) is 0 Å².